The molecular formula is C9H12O4S. The first-order chi connectivity index (χ1) is 6.49. The van der Waals surface area contributed by atoms with Crippen molar-refractivity contribution < 1.29 is 18.3 Å². The summed E-state index contributed by atoms with van der Waals surface area (Å²) < 4.78 is 27.5. The van der Waals surface area contributed by atoms with Crippen LogP contribution in [-0.2, 0) is 16.4 Å². The lowest BCUT2D eigenvalue weighted by Gasteiger charge is -2.07. The fraction of sp³-hybridized carbons (Fsp3) is 0.333. The second-order valence-electron chi connectivity index (χ2n) is 2.92. The van der Waals surface area contributed by atoms with E-state index in [4.69, 9.17) is 9.84 Å². The van der Waals surface area contributed by atoms with Crippen LogP contribution in [0.2, 0.25) is 0 Å². The maximum Gasteiger partial charge on any atom is 0.179 e. The van der Waals surface area contributed by atoms with Crippen LogP contribution in [0.5, 0.6) is 5.75 Å². The molecule has 0 amide bonds. The van der Waals surface area contributed by atoms with E-state index in [1.165, 1.54) is 19.2 Å². The predicted octanol–water partition coefficient (Wildman–Crippen LogP) is 0.591. The van der Waals surface area contributed by atoms with Crippen molar-refractivity contribution in [1.29, 1.82) is 0 Å². The van der Waals surface area contributed by atoms with Crippen molar-refractivity contribution in [3.05, 3.63) is 23.8 Å². The first-order valence-corrected chi connectivity index (χ1v) is 5.86. The second kappa shape index (κ2) is 3.98. The van der Waals surface area contributed by atoms with E-state index in [9.17, 15) is 8.42 Å². The van der Waals surface area contributed by atoms with Crippen molar-refractivity contribution in [2.45, 2.75) is 11.5 Å². The highest BCUT2D eigenvalue weighted by Gasteiger charge is 2.13. The van der Waals surface area contributed by atoms with E-state index in [2.05, 4.69) is 0 Å². The molecule has 1 rings (SSSR count). The highest BCUT2D eigenvalue weighted by atomic mass is 32.2. The van der Waals surface area contributed by atoms with Gasteiger partial charge in [-0.05, 0) is 17.7 Å². The van der Waals surface area contributed by atoms with Crippen LogP contribution in [-0.4, -0.2) is 26.9 Å². The molecule has 0 unspecified atom stereocenters. The average molecular weight is 216 g/mol. The number of sulfone groups is 1. The maximum atomic E-state index is 11.3. The van der Waals surface area contributed by atoms with E-state index >= 15 is 0 Å². The molecule has 0 atom stereocenters. The van der Waals surface area contributed by atoms with E-state index < -0.39 is 9.84 Å². The molecule has 0 heterocycles. The Morgan fingerprint density at radius 3 is 2.50 bits per heavy atom. The number of hydrogen-bond donors (Lipinski definition) is 1. The molecular weight excluding hydrogens is 204 g/mol. The molecule has 0 aliphatic heterocycles. The van der Waals surface area contributed by atoms with Crippen LogP contribution in [0, 0.1) is 0 Å². The minimum absolute atomic E-state index is 0.136. The number of benzene rings is 1. The Morgan fingerprint density at radius 2 is 2.07 bits per heavy atom. The summed E-state index contributed by atoms with van der Waals surface area (Å²) in [5.41, 5.74) is 0.620. The van der Waals surface area contributed by atoms with Gasteiger partial charge in [0.05, 0.1) is 13.7 Å². The second-order valence-corrected chi connectivity index (χ2v) is 4.90. The molecule has 0 saturated heterocycles. The lowest BCUT2D eigenvalue weighted by atomic mass is 10.2. The van der Waals surface area contributed by atoms with Gasteiger partial charge in [-0.1, -0.05) is 6.07 Å². The highest BCUT2D eigenvalue weighted by molar-refractivity contribution is 7.90. The van der Waals surface area contributed by atoms with E-state index in [1.54, 1.807) is 6.07 Å². The van der Waals surface area contributed by atoms with E-state index in [0.29, 0.717) is 5.56 Å². The van der Waals surface area contributed by atoms with Gasteiger partial charge in [0.1, 0.15) is 10.6 Å². The minimum atomic E-state index is -3.28. The van der Waals surface area contributed by atoms with Gasteiger partial charge in [-0.25, -0.2) is 8.42 Å². The summed E-state index contributed by atoms with van der Waals surface area (Å²) in [7, 11) is -1.88. The number of aliphatic hydroxyl groups excluding tert-OH is 1. The van der Waals surface area contributed by atoms with Crippen molar-refractivity contribution in [3.63, 3.8) is 0 Å². The van der Waals surface area contributed by atoms with Gasteiger partial charge in [0.2, 0.25) is 0 Å². The minimum Gasteiger partial charge on any atom is -0.495 e. The normalized spacial score (nSPS) is 11.4. The Balaban J connectivity index is 3.33. The zero-order chi connectivity index (χ0) is 10.8. The van der Waals surface area contributed by atoms with Gasteiger partial charge in [0.15, 0.2) is 9.84 Å². The largest absolute Gasteiger partial charge is 0.495 e. The first kappa shape index (κ1) is 11.0. The third kappa shape index (κ3) is 2.24. The number of rotatable bonds is 3. The Kier molecular flexibility index (Phi) is 3.13. The van der Waals surface area contributed by atoms with Crippen LogP contribution < -0.4 is 4.74 Å². The predicted molar refractivity (Wildman–Crippen MR) is 52.0 cm³/mol. The van der Waals surface area contributed by atoms with Crippen molar-refractivity contribution in [2.75, 3.05) is 13.4 Å². The molecule has 1 aromatic carbocycles. The van der Waals surface area contributed by atoms with Gasteiger partial charge >= 0.3 is 0 Å². The molecule has 78 valence electrons. The Hall–Kier alpha value is -1.07. The van der Waals surface area contributed by atoms with E-state index in [-0.39, 0.29) is 17.3 Å². The number of methoxy groups -OCH3 is 1. The molecule has 1 N–H and O–H groups in total. The monoisotopic (exact) mass is 216 g/mol. The summed E-state index contributed by atoms with van der Waals surface area (Å²) in [6, 6.07) is 4.50. The highest BCUT2D eigenvalue weighted by Crippen LogP contribution is 2.24. The third-order valence-electron chi connectivity index (χ3n) is 1.81. The zero-order valence-electron chi connectivity index (χ0n) is 8.02. The Labute approximate surface area is 83.1 Å². The third-order valence-corrected chi connectivity index (χ3v) is 2.95. The quantitative estimate of drug-likeness (QED) is 0.803. The zero-order valence-corrected chi connectivity index (χ0v) is 8.84. The average Bonchev–Trinajstić information content (AvgIpc) is 2.15. The lowest BCUT2D eigenvalue weighted by molar-refractivity contribution is 0.280. The van der Waals surface area contributed by atoms with Crippen LogP contribution >= 0.6 is 0 Å². The van der Waals surface area contributed by atoms with Crippen LogP contribution in [0.4, 0.5) is 0 Å². The molecule has 0 aliphatic carbocycles. The van der Waals surface area contributed by atoms with E-state index in [1.807, 2.05) is 0 Å². The van der Waals surface area contributed by atoms with Crippen LogP contribution in [0.15, 0.2) is 23.1 Å². The smallest absolute Gasteiger partial charge is 0.179 e. The molecule has 0 fully saturated rings. The lowest BCUT2D eigenvalue weighted by Crippen LogP contribution is -2.01. The van der Waals surface area contributed by atoms with Gasteiger partial charge in [-0.3, -0.25) is 0 Å². The Bertz CT molecular complexity index is 422. The summed E-state index contributed by atoms with van der Waals surface area (Å²) in [4.78, 5) is 0.136. The summed E-state index contributed by atoms with van der Waals surface area (Å²) >= 11 is 0. The molecule has 0 aromatic heterocycles. The van der Waals surface area contributed by atoms with Gasteiger partial charge in [0.25, 0.3) is 0 Å². The van der Waals surface area contributed by atoms with Gasteiger partial charge in [-0.15, -0.1) is 0 Å². The van der Waals surface area contributed by atoms with Gasteiger partial charge in [-0.2, -0.15) is 0 Å². The fourth-order valence-electron chi connectivity index (χ4n) is 1.12. The molecule has 4 nitrogen and oxygen atoms in total. The fourth-order valence-corrected chi connectivity index (χ4v) is 1.94. The van der Waals surface area contributed by atoms with Crippen LogP contribution in [0.3, 0.4) is 0 Å². The first-order valence-electron chi connectivity index (χ1n) is 3.97. The van der Waals surface area contributed by atoms with E-state index in [0.717, 1.165) is 6.26 Å². The summed E-state index contributed by atoms with van der Waals surface area (Å²) in [5.74, 6) is 0.263. The number of ether oxygens (including phenoxy) is 1. The molecule has 0 bridgehead atoms. The van der Waals surface area contributed by atoms with Crippen molar-refractivity contribution >= 4 is 9.84 Å². The standard InChI is InChI=1S/C9H12O4S/c1-13-8-5-7(6-10)3-4-9(8)14(2,11)12/h3-5,10H,6H2,1-2H3. The topological polar surface area (TPSA) is 63.6 Å². The Morgan fingerprint density at radius 1 is 1.43 bits per heavy atom. The van der Waals surface area contributed by atoms with Gasteiger partial charge < -0.3 is 9.84 Å². The molecule has 5 heteroatoms. The molecule has 0 aliphatic rings. The molecule has 14 heavy (non-hydrogen) atoms. The SMILES string of the molecule is COc1cc(CO)ccc1S(C)(=O)=O. The molecule has 0 radical (unpaired) electrons. The maximum absolute atomic E-state index is 11.3. The van der Waals surface area contributed by atoms with Crippen molar-refractivity contribution in [1.82, 2.24) is 0 Å². The van der Waals surface area contributed by atoms with Crippen LogP contribution in [0.1, 0.15) is 5.56 Å². The van der Waals surface area contributed by atoms with Crippen molar-refractivity contribution in [2.24, 2.45) is 0 Å². The van der Waals surface area contributed by atoms with Gasteiger partial charge in [0, 0.05) is 6.26 Å². The molecule has 1 aromatic rings. The summed E-state index contributed by atoms with van der Waals surface area (Å²) in [6.45, 7) is -0.138. The summed E-state index contributed by atoms with van der Waals surface area (Å²) in [6.07, 6.45) is 1.11. The van der Waals surface area contributed by atoms with Crippen LogP contribution in [0.25, 0.3) is 0 Å². The van der Waals surface area contributed by atoms with Crippen molar-refractivity contribution in [3.8, 4) is 5.75 Å². The summed E-state index contributed by atoms with van der Waals surface area (Å²) in [5, 5.41) is 8.85. The molecule has 0 saturated carbocycles. The number of aliphatic hydroxyl groups is 1. The number of hydrogen-bond acceptors (Lipinski definition) is 4. The molecule has 0 spiro atoms.